The zero-order valence-corrected chi connectivity index (χ0v) is 12.1. The number of nitrogens with zero attached hydrogens (tertiary/aromatic N) is 1. The first-order valence-corrected chi connectivity index (χ1v) is 6.50. The molecule has 0 spiro atoms. The van der Waals surface area contributed by atoms with E-state index in [4.69, 9.17) is 5.26 Å². The average Bonchev–Trinajstić information content (AvgIpc) is 2.47. The number of pyridine rings is 1. The van der Waals surface area contributed by atoms with Crippen LogP contribution in [-0.4, -0.2) is 18.2 Å². The number of aryl methyl sites for hydroxylation is 1. The van der Waals surface area contributed by atoms with Crippen molar-refractivity contribution in [1.29, 1.82) is 5.26 Å². The van der Waals surface area contributed by atoms with Crippen molar-refractivity contribution in [3.05, 3.63) is 45.9 Å². The van der Waals surface area contributed by atoms with Crippen molar-refractivity contribution in [2.45, 2.75) is 20.1 Å². The van der Waals surface area contributed by atoms with Gasteiger partial charge >= 0.3 is 13.2 Å². The normalized spacial score (nSPS) is 10.8. The number of alkyl halides is 4. The SMILES string of the molecule is Cc1cc(-c2ccc(OC(F)F)c(OC(F)F)c2)c(C#N)c(=O)[nH]1. The molecule has 0 atom stereocenters. The molecule has 1 N–H and O–H groups in total. The molecule has 0 unspecified atom stereocenters. The molecule has 2 rings (SSSR count). The lowest BCUT2D eigenvalue weighted by atomic mass is 10.0. The van der Waals surface area contributed by atoms with Crippen LogP contribution in [0.4, 0.5) is 17.6 Å². The Morgan fingerprint density at radius 1 is 1.08 bits per heavy atom. The summed E-state index contributed by atoms with van der Waals surface area (Å²) in [6.45, 7) is -4.93. The topological polar surface area (TPSA) is 75.1 Å². The fourth-order valence-corrected chi connectivity index (χ4v) is 2.08. The van der Waals surface area contributed by atoms with Crippen molar-refractivity contribution >= 4 is 0 Å². The minimum Gasteiger partial charge on any atom is -0.431 e. The number of halogens is 4. The molecule has 126 valence electrons. The highest BCUT2D eigenvalue weighted by atomic mass is 19.3. The predicted molar refractivity (Wildman–Crippen MR) is 75.2 cm³/mol. The number of nitriles is 1. The second kappa shape index (κ2) is 7.04. The lowest BCUT2D eigenvalue weighted by Crippen LogP contribution is -2.13. The Kier molecular flexibility index (Phi) is 5.08. The molecule has 0 saturated heterocycles. The van der Waals surface area contributed by atoms with Gasteiger partial charge in [-0.3, -0.25) is 4.79 Å². The van der Waals surface area contributed by atoms with Crippen molar-refractivity contribution in [2.24, 2.45) is 0 Å². The molecule has 0 bridgehead atoms. The van der Waals surface area contributed by atoms with Crippen LogP contribution in [0.5, 0.6) is 11.5 Å². The van der Waals surface area contributed by atoms with Gasteiger partial charge in [-0.05, 0) is 30.7 Å². The Hall–Kier alpha value is -3.02. The summed E-state index contributed by atoms with van der Waals surface area (Å²) in [7, 11) is 0. The second-order valence-corrected chi connectivity index (χ2v) is 4.60. The predicted octanol–water partition coefficient (Wildman–Crippen LogP) is 3.42. The molecule has 0 amide bonds. The molecule has 24 heavy (non-hydrogen) atoms. The Labute approximate surface area is 133 Å². The van der Waals surface area contributed by atoms with Crippen molar-refractivity contribution in [1.82, 2.24) is 4.98 Å². The molecule has 9 heteroatoms. The lowest BCUT2D eigenvalue weighted by molar-refractivity contribution is -0.0691. The van der Waals surface area contributed by atoms with Gasteiger partial charge in [-0.1, -0.05) is 6.07 Å². The maximum absolute atomic E-state index is 12.5. The highest BCUT2D eigenvalue weighted by Crippen LogP contribution is 2.35. The smallest absolute Gasteiger partial charge is 0.387 e. The number of ether oxygens (including phenoxy) is 2. The zero-order valence-electron chi connectivity index (χ0n) is 12.1. The summed E-state index contributed by atoms with van der Waals surface area (Å²) < 4.78 is 57.9. The molecular formula is C15H10F4N2O3. The Morgan fingerprint density at radius 2 is 1.71 bits per heavy atom. The van der Waals surface area contributed by atoms with E-state index in [-0.39, 0.29) is 16.7 Å². The summed E-state index contributed by atoms with van der Waals surface area (Å²) in [6, 6.07) is 6.42. The van der Waals surface area contributed by atoms with Crippen LogP contribution in [0, 0.1) is 18.3 Å². The largest absolute Gasteiger partial charge is 0.431 e. The minimum absolute atomic E-state index is 0.154. The van der Waals surface area contributed by atoms with E-state index in [1.165, 1.54) is 12.1 Å². The quantitative estimate of drug-likeness (QED) is 0.845. The van der Waals surface area contributed by atoms with Gasteiger partial charge in [0.15, 0.2) is 11.5 Å². The van der Waals surface area contributed by atoms with E-state index in [1.807, 2.05) is 0 Å². The summed E-state index contributed by atoms with van der Waals surface area (Å²) in [6.07, 6.45) is 0. The highest BCUT2D eigenvalue weighted by Gasteiger charge is 2.18. The molecule has 2 aromatic rings. The number of benzene rings is 1. The third-order valence-electron chi connectivity index (χ3n) is 2.97. The van der Waals surface area contributed by atoms with Gasteiger partial charge in [0.05, 0.1) is 0 Å². The standard InChI is InChI=1S/C15H10F4N2O3/c1-7-4-9(10(6-20)13(22)21-7)8-2-3-11(23-14(16)17)12(5-8)24-15(18)19/h2-5,14-15H,1H3,(H,21,22). The first-order chi connectivity index (χ1) is 11.3. The van der Waals surface area contributed by atoms with Gasteiger partial charge in [0.2, 0.25) is 0 Å². The number of rotatable bonds is 5. The van der Waals surface area contributed by atoms with Crippen LogP contribution in [0.2, 0.25) is 0 Å². The Bertz CT molecular complexity index is 844. The van der Waals surface area contributed by atoms with Crippen LogP contribution in [0.1, 0.15) is 11.3 Å². The molecular weight excluding hydrogens is 332 g/mol. The van der Waals surface area contributed by atoms with Crippen LogP contribution in [-0.2, 0) is 0 Å². The Balaban J connectivity index is 2.61. The summed E-state index contributed by atoms with van der Waals surface area (Å²) in [4.78, 5) is 14.2. The van der Waals surface area contributed by atoms with Crippen molar-refractivity contribution in [3.63, 3.8) is 0 Å². The first-order valence-electron chi connectivity index (χ1n) is 6.50. The van der Waals surface area contributed by atoms with E-state index in [1.54, 1.807) is 13.0 Å². The maximum atomic E-state index is 12.5. The fraction of sp³-hybridized carbons (Fsp3) is 0.200. The minimum atomic E-state index is -3.27. The average molecular weight is 342 g/mol. The van der Waals surface area contributed by atoms with Crippen LogP contribution >= 0.6 is 0 Å². The number of hydrogen-bond donors (Lipinski definition) is 1. The lowest BCUT2D eigenvalue weighted by Gasteiger charge is -2.13. The summed E-state index contributed by atoms with van der Waals surface area (Å²) >= 11 is 0. The van der Waals surface area contributed by atoms with Crippen LogP contribution in [0.3, 0.4) is 0 Å². The van der Waals surface area contributed by atoms with Gasteiger partial charge < -0.3 is 14.5 Å². The third kappa shape index (κ3) is 3.84. The number of H-pyrrole nitrogens is 1. The van der Waals surface area contributed by atoms with Gasteiger partial charge in [0, 0.05) is 11.3 Å². The molecule has 0 aliphatic rings. The van der Waals surface area contributed by atoms with Gasteiger partial charge in [-0.25, -0.2) is 0 Å². The maximum Gasteiger partial charge on any atom is 0.387 e. The van der Waals surface area contributed by atoms with Crippen molar-refractivity contribution in [3.8, 4) is 28.7 Å². The third-order valence-corrected chi connectivity index (χ3v) is 2.97. The van der Waals surface area contributed by atoms with Gasteiger partial charge in [0.25, 0.3) is 5.56 Å². The highest BCUT2D eigenvalue weighted by molar-refractivity contribution is 5.72. The molecule has 5 nitrogen and oxygen atoms in total. The molecule has 0 radical (unpaired) electrons. The van der Waals surface area contributed by atoms with E-state index >= 15 is 0 Å². The van der Waals surface area contributed by atoms with Crippen LogP contribution < -0.4 is 15.0 Å². The van der Waals surface area contributed by atoms with E-state index in [0.717, 1.165) is 12.1 Å². The second-order valence-electron chi connectivity index (χ2n) is 4.60. The number of aromatic amines is 1. The first kappa shape index (κ1) is 17.3. The number of aromatic nitrogens is 1. The summed E-state index contributed by atoms with van der Waals surface area (Å²) in [5.74, 6) is -1.22. The van der Waals surface area contributed by atoms with Crippen molar-refractivity contribution < 1.29 is 27.0 Å². The molecule has 0 aliphatic carbocycles. The summed E-state index contributed by atoms with van der Waals surface area (Å²) in [5.41, 5.74) is -0.152. The van der Waals surface area contributed by atoms with Gasteiger partial charge in [0.1, 0.15) is 11.6 Å². The molecule has 1 aromatic carbocycles. The van der Waals surface area contributed by atoms with E-state index in [0.29, 0.717) is 5.69 Å². The van der Waals surface area contributed by atoms with Crippen molar-refractivity contribution in [2.75, 3.05) is 0 Å². The summed E-state index contributed by atoms with van der Waals surface area (Å²) in [5, 5.41) is 9.09. The van der Waals surface area contributed by atoms with E-state index in [2.05, 4.69) is 14.5 Å². The molecule has 1 aromatic heterocycles. The Morgan fingerprint density at radius 3 is 2.29 bits per heavy atom. The van der Waals surface area contributed by atoms with Crippen LogP contribution in [0.15, 0.2) is 29.1 Å². The number of nitrogens with one attached hydrogen (secondary N) is 1. The van der Waals surface area contributed by atoms with E-state index < -0.39 is 30.3 Å². The fourth-order valence-electron chi connectivity index (χ4n) is 2.08. The van der Waals surface area contributed by atoms with E-state index in [9.17, 15) is 22.4 Å². The molecule has 0 fully saturated rings. The monoisotopic (exact) mass is 342 g/mol. The molecule has 1 heterocycles. The van der Waals surface area contributed by atoms with Gasteiger partial charge in [-0.2, -0.15) is 22.8 Å². The number of hydrogen-bond acceptors (Lipinski definition) is 4. The zero-order chi connectivity index (χ0) is 17.9. The molecule has 0 aliphatic heterocycles. The van der Waals surface area contributed by atoms with Crippen LogP contribution in [0.25, 0.3) is 11.1 Å². The van der Waals surface area contributed by atoms with Gasteiger partial charge in [-0.15, -0.1) is 0 Å². The molecule has 0 saturated carbocycles.